The Balaban J connectivity index is 0. The highest BCUT2D eigenvalue weighted by Crippen LogP contribution is 2.29. The summed E-state index contributed by atoms with van der Waals surface area (Å²) in [6.07, 6.45) is 1.92. The van der Waals surface area contributed by atoms with Gasteiger partial charge in [-0.3, -0.25) is 0 Å². The molecular weight excluding hydrogens is 506 g/mol. The second-order valence-corrected chi connectivity index (χ2v) is 12.2. The van der Waals surface area contributed by atoms with Crippen molar-refractivity contribution in [2.45, 2.75) is 23.6 Å². The zero-order valence-corrected chi connectivity index (χ0v) is 21.3. The molecule has 0 aliphatic rings. The van der Waals surface area contributed by atoms with E-state index >= 15 is 0 Å². The molecule has 0 spiro atoms. The molecule has 0 amide bonds. The molecular formula is C17H26O7P2S4. The third-order valence-corrected chi connectivity index (χ3v) is 3.69. The number of benzene rings is 2. The van der Waals surface area contributed by atoms with Crippen molar-refractivity contribution in [3.8, 4) is 0 Å². The molecule has 0 aromatic heterocycles. The molecule has 6 N–H and O–H groups in total. The molecule has 30 heavy (non-hydrogen) atoms. The van der Waals surface area contributed by atoms with Crippen molar-refractivity contribution in [1.82, 2.24) is 0 Å². The molecule has 0 radical (unpaired) electrons. The first-order valence-corrected chi connectivity index (χ1v) is 14.8. The van der Waals surface area contributed by atoms with Crippen LogP contribution < -0.4 is 0 Å². The number of rotatable bonds is 5. The van der Waals surface area contributed by atoms with Crippen LogP contribution in [0.3, 0.4) is 0 Å². The summed E-state index contributed by atoms with van der Waals surface area (Å²) in [5.74, 6) is 0.648. The normalized spacial score (nSPS) is 10.4. The van der Waals surface area contributed by atoms with Gasteiger partial charge in [-0.1, -0.05) is 56.3 Å². The van der Waals surface area contributed by atoms with E-state index in [1.54, 1.807) is 0 Å². The molecule has 0 saturated heterocycles. The van der Waals surface area contributed by atoms with E-state index < -0.39 is 13.4 Å². The van der Waals surface area contributed by atoms with Crippen LogP contribution in [0.15, 0.2) is 83.1 Å². The van der Waals surface area contributed by atoms with Crippen molar-refractivity contribution in [1.29, 1.82) is 0 Å². The zero-order valence-electron chi connectivity index (χ0n) is 16.3. The van der Waals surface area contributed by atoms with Crippen molar-refractivity contribution in [3.63, 3.8) is 0 Å². The van der Waals surface area contributed by atoms with Crippen LogP contribution in [0.1, 0.15) is 13.8 Å². The van der Waals surface area contributed by atoms with E-state index in [4.69, 9.17) is 33.0 Å². The van der Waals surface area contributed by atoms with E-state index in [-0.39, 0.29) is 0 Å². The van der Waals surface area contributed by atoms with E-state index in [2.05, 4.69) is 44.0 Å². The van der Waals surface area contributed by atoms with Crippen molar-refractivity contribution < 1.29 is 33.0 Å². The SMILES string of the molecule is C=CC(C)C.OP(O)(O)=S.OP(O)(O)=S.c1ccc(SOSc2ccccc2)cc1. The first-order valence-electron chi connectivity index (χ1n) is 8.02. The van der Waals surface area contributed by atoms with E-state index in [1.165, 1.54) is 24.1 Å². The maximum atomic E-state index is 7.56. The van der Waals surface area contributed by atoms with Gasteiger partial charge in [0.15, 0.2) is 0 Å². The number of hydrogen-bond acceptors (Lipinski definition) is 5. The van der Waals surface area contributed by atoms with Gasteiger partial charge in [0.1, 0.15) is 0 Å². The highest BCUT2D eigenvalue weighted by Gasteiger charge is 1.96. The topological polar surface area (TPSA) is 131 Å². The van der Waals surface area contributed by atoms with Crippen molar-refractivity contribution in [2.24, 2.45) is 5.92 Å². The van der Waals surface area contributed by atoms with Crippen LogP contribution in [0.5, 0.6) is 0 Å². The standard InChI is InChI=1S/C12H10OS2.C5H10.2H3O3PS/c1-3-7-11(8-4-1)14-13-15-12-9-5-2-6-10-12;1-4-5(2)3;2*1-4(2,3)5/h1-10H;4-5H,1H2,2-3H3;2*(H3,1,2,3,5). The highest BCUT2D eigenvalue weighted by atomic mass is 32.5. The lowest BCUT2D eigenvalue weighted by Crippen LogP contribution is -1.71. The fourth-order valence-electron chi connectivity index (χ4n) is 1.05. The summed E-state index contributed by atoms with van der Waals surface area (Å²) in [6.45, 7) is 0.157. The van der Waals surface area contributed by atoms with Crippen molar-refractivity contribution >= 4 is 61.1 Å². The molecule has 0 aliphatic carbocycles. The molecule has 0 bridgehead atoms. The summed E-state index contributed by atoms with van der Waals surface area (Å²) >= 11 is 9.96. The largest absolute Gasteiger partial charge is 0.325 e. The average molecular weight is 533 g/mol. The summed E-state index contributed by atoms with van der Waals surface area (Å²) in [6, 6.07) is 20.1. The molecule has 13 heteroatoms. The first kappa shape index (κ1) is 32.1. The van der Waals surface area contributed by atoms with Gasteiger partial charge in [0, 0.05) is 33.9 Å². The van der Waals surface area contributed by atoms with Crippen LogP contribution >= 0.6 is 37.5 Å². The van der Waals surface area contributed by atoms with Crippen LogP contribution in [-0.4, -0.2) is 29.4 Å². The summed E-state index contributed by atoms with van der Waals surface area (Å²) in [7, 11) is 0. The van der Waals surface area contributed by atoms with Crippen molar-refractivity contribution in [2.75, 3.05) is 0 Å². The Bertz CT molecular complexity index is 692. The summed E-state index contributed by atoms with van der Waals surface area (Å²) < 4.78 is 5.44. The van der Waals surface area contributed by atoms with E-state index in [9.17, 15) is 0 Å². The molecule has 2 aromatic rings. The lowest BCUT2D eigenvalue weighted by Gasteiger charge is -2.00. The molecule has 0 heterocycles. The predicted octanol–water partition coefficient (Wildman–Crippen LogP) is 4.62. The molecule has 7 nitrogen and oxygen atoms in total. The van der Waals surface area contributed by atoms with Crippen LogP contribution in [0.2, 0.25) is 0 Å². The molecule has 0 atom stereocenters. The summed E-state index contributed by atoms with van der Waals surface area (Å²) in [5, 5.41) is 0. The van der Waals surface area contributed by atoms with Crippen LogP contribution in [0.4, 0.5) is 0 Å². The van der Waals surface area contributed by atoms with Gasteiger partial charge in [-0.15, -0.1) is 6.58 Å². The van der Waals surface area contributed by atoms with E-state index in [0.29, 0.717) is 5.92 Å². The smallest absolute Gasteiger partial charge is 0.319 e. The van der Waals surface area contributed by atoms with Gasteiger partial charge in [0.2, 0.25) is 0 Å². The van der Waals surface area contributed by atoms with E-state index in [0.717, 1.165) is 9.79 Å². The van der Waals surface area contributed by atoms with Gasteiger partial charge in [0.05, 0.1) is 0 Å². The second-order valence-electron chi connectivity index (χ2n) is 5.37. The van der Waals surface area contributed by atoms with Crippen LogP contribution in [0.25, 0.3) is 0 Å². The molecule has 170 valence electrons. The van der Waals surface area contributed by atoms with Gasteiger partial charge >= 0.3 is 13.4 Å². The Kier molecular flexibility index (Phi) is 19.8. The Morgan fingerprint density at radius 1 is 0.767 bits per heavy atom. The highest BCUT2D eigenvalue weighted by molar-refractivity contribution is 8.08. The third-order valence-electron chi connectivity index (χ3n) is 2.22. The van der Waals surface area contributed by atoms with Crippen LogP contribution in [-0.2, 0) is 27.2 Å². The third kappa shape index (κ3) is 35.3. The minimum Gasteiger partial charge on any atom is -0.325 e. The first-order chi connectivity index (χ1) is 13.7. The van der Waals surface area contributed by atoms with Crippen LogP contribution in [0, 0.1) is 5.92 Å². The molecule has 2 aromatic carbocycles. The molecule has 0 unspecified atom stereocenters. The second kappa shape index (κ2) is 18.5. The quantitative estimate of drug-likeness (QED) is 0.183. The molecule has 2 rings (SSSR count). The monoisotopic (exact) mass is 532 g/mol. The minimum absolute atomic E-state index is 0.648. The zero-order chi connectivity index (χ0) is 23.6. The Morgan fingerprint density at radius 3 is 1.20 bits per heavy atom. The van der Waals surface area contributed by atoms with Gasteiger partial charge in [-0.05, 0) is 53.8 Å². The molecule has 0 fully saturated rings. The van der Waals surface area contributed by atoms with Crippen molar-refractivity contribution in [3.05, 3.63) is 73.3 Å². The Labute approximate surface area is 196 Å². The molecule has 0 aliphatic heterocycles. The van der Waals surface area contributed by atoms with Gasteiger partial charge in [-0.25, -0.2) is 3.63 Å². The van der Waals surface area contributed by atoms with Gasteiger partial charge in [-0.2, -0.15) is 0 Å². The minimum atomic E-state index is -3.81. The lowest BCUT2D eigenvalue weighted by molar-refractivity contribution is 0.361. The predicted molar refractivity (Wildman–Crippen MR) is 133 cm³/mol. The fraction of sp³-hybridized carbons (Fsp3) is 0.176. The van der Waals surface area contributed by atoms with Gasteiger partial charge in [0.25, 0.3) is 0 Å². The lowest BCUT2D eigenvalue weighted by atomic mass is 10.2. The van der Waals surface area contributed by atoms with E-state index in [1.807, 2.05) is 66.7 Å². The average Bonchev–Trinajstić information content (AvgIpc) is 2.61. The molecule has 0 saturated carbocycles. The number of allylic oxidation sites excluding steroid dienone is 1. The Morgan fingerprint density at radius 2 is 1.00 bits per heavy atom. The number of hydrogen-bond donors (Lipinski definition) is 6. The Hall–Kier alpha value is -0.100. The van der Waals surface area contributed by atoms with Gasteiger partial charge < -0.3 is 29.4 Å². The fourth-order valence-corrected chi connectivity index (χ4v) is 2.35. The maximum absolute atomic E-state index is 7.56. The summed E-state index contributed by atoms with van der Waals surface area (Å²) in [5.41, 5.74) is 0. The summed E-state index contributed by atoms with van der Waals surface area (Å²) in [4.78, 5) is 47.6. The maximum Gasteiger partial charge on any atom is 0.319 e.